The van der Waals surface area contributed by atoms with E-state index >= 15 is 0 Å². The molecule has 2 amide bonds. The lowest BCUT2D eigenvalue weighted by atomic mass is 9.91. The van der Waals surface area contributed by atoms with E-state index in [-0.39, 0.29) is 35.1 Å². The van der Waals surface area contributed by atoms with Gasteiger partial charge in [-0.2, -0.15) is 0 Å². The molecular weight excluding hydrogens is 597 g/mol. The van der Waals surface area contributed by atoms with Crippen LogP contribution in [0.3, 0.4) is 0 Å². The second-order valence-electron chi connectivity index (χ2n) is 11.4. The lowest BCUT2D eigenvalue weighted by molar-refractivity contribution is -0.127. The summed E-state index contributed by atoms with van der Waals surface area (Å²) in [6.45, 7) is 15.0. The molecule has 0 saturated heterocycles. The number of allylic oxidation sites excluding steroid dienone is 1. The van der Waals surface area contributed by atoms with E-state index in [9.17, 15) is 14.0 Å². The van der Waals surface area contributed by atoms with Crippen molar-refractivity contribution >= 4 is 34.9 Å². The van der Waals surface area contributed by atoms with Crippen molar-refractivity contribution in [3.05, 3.63) is 84.6 Å². The molecule has 1 aliphatic rings. The molecule has 2 aromatic rings. The van der Waals surface area contributed by atoms with Crippen LogP contribution in [0.15, 0.2) is 73.2 Å². The van der Waals surface area contributed by atoms with Crippen molar-refractivity contribution < 1.29 is 28.2 Å². The number of methoxy groups -OCH3 is 1. The van der Waals surface area contributed by atoms with Gasteiger partial charge in [-0.3, -0.25) is 14.7 Å². The summed E-state index contributed by atoms with van der Waals surface area (Å²) in [6, 6.07) is 6.15. The third-order valence-electron chi connectivity index (χ3n) is 6.76. The van der Waals surface area contributed by atoms with Gasteiger partial charge in [0.1, 0.15) is 22.9 Å². The molecule has 1 atom stereocenters. The average Bonchev–Trinajstić information content (AvgIpc) is 2.97. The summed E-state index contributed by atoms with van der Waals surface area (Å²) in [5, 5.41) is 6.35. The topological polar surface area (TPSA) is 105 Å². The van der Waals surface area contributed by atoms with Crippen LogP contribution in [0.2, 0.25) is 0 Å². The van der Waals surface area contributed by atoms with Crippen LogP contribution in [0.1, 0.15) is 32.8 Å². The molecule has 0 spiro atoms. The highest BCUT2D eigenvalue weighted by atomic mass is 32.1. The number of para-hydroxylation sites is 1. The van der Waals surface area contributed by atoms with Crippen molar-refractivity contribution in [2.75, 3.05) is 45.7 Å². The van der Waals surface area contributed by atoms with Gasteiger partial charge in [-0.15, -0.1) is 13.2 Å². The second-order valence-corrected chi connectivity index (χ2v) is 11.8. The Morgan fingerprint density at radius 2 is 2.02 bits per heavy atom. The molecule has 0 fully saturated rings. The number of nitrogens with zero attached hydrogens (tertiary/aromatic N) is 3. The van der Waals surface area contributed by atoms with Gasteiger partial charge in [-0.1, -0.05) is 30.4 Å². The first kappa shape index (κ1) is 35.2. The zero-order valence-corrected chi connectivity index (χ0v) is 27.3. The largest absolute Gasteiger partial charge is 0.492 e. The molecule has 0 radical (unpaired) electrons. The second kappa shape index (κ2) is 16.1. The lowest BCUT2D eigenvalue weighted by Gasteiger charge is -2.36. The maximum Gasteiger partial charge on any atom is 0.417 e. The maximum atomic E-state index is 14.5. The minimum Gasteiger partial charge on any atom is -0.492 e. The van der Waals surface area contributed by atoms with Crippen molar-refractivity contribution in [3.63, 3.8) is 0 Å². The number of benzene rings is 1. The smallest absolute Gasteiger partial charge is 0.417 e. The normalized spacial score (nSPS) is 15.0. The van der Waals surface area contributed by atoms with E-state index in [2.05, 4.69) is 33.7 Å². The van der Waals surface area contributed by atoms with Crippen molar-refractivity contribution in [2.24, 2.45) is 5.92 Å². The van der Waals surface area contributed by atoms with Crippen LogP contribution in [-0.2, 0) is 16.1 Å². The van der Waals surface area contributed by atoms with Gasteiger partial charge in [0.2, 0.25) is 0 Å². The van der Waals surface area contributed by atoms with Crippen LogP contribution in [0.4, 0.5) is 14.9 Å². The van der Waals surface area contributed by atoms with Crippen molar-refractivity contribution in [1.29, 1.82) is 0 Å². The molecule has 3 rings (SSSR count). The Morgan fingerprint density at radius 3 is 2.69 bits per heavy atom. The molecule has 0 saturated carbocycles. The Hall–Kier alpha value is -4.29. The Kier molecular flexibility index (Phi) is 12.6. The van der Waals surface area contributed by atoms with Crippen LogP contribution >= 0.6 is 12.2 Å². The molecule has 10 nitrogen and oxygen atoms in total. The molecule has 1 aliphatic heterocycles. The van der Waals surface area contributed by atoms with Gasteiger partial charge in [0.05, 0.1) is 24.6 Å². The van der Waals surface area contributed by atoms with Crippen LogP contribution in [-0.4, -0.2) is 77.8 Å². The summed E-state index contributed by atoms with van der Waals surface area (Å²) < 4.78 is 31.3. The SMILES string of the molecule is C=CCC1CN(C(=O)OC(C)(C)C)C(=O)C(C(=S)Nc2cccc(F)c2OC)=C1NCc1ccncc1OCCN(C)CC=C. The van der Waals surface area contributed by atoms with Gasteiger partial charge >= 0.3 is 6.09 Å². The van der Waals surface area contributed by atoms with E-state index in [1.54, 1.807) is 45.3 Å². The highest BCUT2D eigenvalue weighted by Crippen LogP contribution is 2.32. The number of aromatic nitrogens is 1. The number of hydrogen-bond donors (Lipinski definition) is 2. The number of imide groups is 1. The first-order valence-corrected chi connectivity index (χ1v) is 14.9. The summed E-state index contributed by atoms with van der Waals surface area (Å²) in [5.74, 6) is -1.13. The number of thiocarbonyl (C=S) groups is 1. The molecule has 2 N–H and O–H groups in total. The number of hydrogen-bond acceptors (Lipinski definition) is 9. The molecular formula is C33H42FN5O5S. The molecule has 0 bridgehead atoms. The lowest BCUT2D eigenvalue weighted by Crippen LogP contribution is -2.51. The number of ether oxygens (including phenoxy) is 3. The molecule has 1 unspecified atom stereocenters. The fourth-order valence-electron chi connectivity index (χ4n) is 4.67. The summed E-state index contributed by atoms with van der Waals surface area (Å²) in [7, 11) is 3.31. The number of amides is 2. The Morgan fingerprint density at radius 1 is 1.27 bits per heavy atom. The van der Waals surface area contributed by atoms with Crippen LogP contribution < -0.4 is 20.1 Å². The zero-order chi connectivity index (χ0) is 33.1. The van der Waals surface area contributed by atoms with E-state index in [1.165, 1.54) is 19.2 Å². The van der Waals surface area contributed by atoms with Gasteiger partial charge in [0, 0.05) is 49.6 Å². The van der Waals surface area contributed by atoms with E-state index in [1.807, 2.05) is 19.2 Å². The summed E-state index contributed by atoms with van der Waals surface area (Å²) >= 11 is 5.75. The Balaban J connectivity index is 2.01. The third-order valence-corrected chi connectivity index (χ3v) is 7.07. The Labute approximate surface area is 269 Å². The molecule has 1 aromatic carbocycles. The monoisotopic (exact) mass is 639 g/mol. The zero-order valence-electron chi connectivity index (χ0n) is 26.5. The number of pyridine rings is 1. The number of carbonyl (C=O) groups is 2. The van der Waals surface area contributed by atoms with E-state index < -0.39 is 29.3 Å². The quantitative estimate of drug-likeness (QED) is 0.204. The van der Waals surface area contributed by atoms with Gasteiger partial charge in [0.25, 0.3) is 5.91 Å². The number of halogens is 1. The maximum absolute atomic E-state index is 14.5. The standard InChI is InChI=1S/C33H42FN5O5S/c1-8-11-23-21-39(32(41)44-33(3,4)5)31(40)27(30(45)37-25-13-10-12-24(34)29(25)42-7)28(23)36-19-22-14-15-35-20-26(22)43-18-17-38(6)16-9-2/h8-10,12-15,20,23,36H,1-2,11,16-19,21H2,3-7H3,(H,37,45). The van der Waals surface area contributed by atoms with E-state index in [0.29, 0.717) is 31.0 Å². The minimum absolute atomic E-state index is 0.0230. The summed E-state index contributed by atoms with van der Waals surface area (Å²) in [6.07, 6.45) is 6.45. The fraction of sp³-hybridized carbons (Fsp3) is 0.394. The summed E-state index contributed by atoms with van der Waals surface area (Å²) in [5.41, 5.74) is 0.736. The number of carbonyl (C=O) groups excluding carboxylic acids is 2. The van der Waals surface area contributed by atoms with Crippen molar-refractivity contribution in [1.82, 2.24) is 20.1 Å². The first-order chi connectivity index (χ1) is 21.4. The first-order valence-electron chi connectivity index (χ1n) is 14.5. The van der Waals surface area contributed by atoms with E-state index in [4.69, 9.17) is 26.4 Å². The van der Waals surface area contributed by atoms with Gasteiger partial charge in [-0.05, 0) is 52.4 Å². The molecule has 2 heterocycles. The van der Waals surface area contributed by atoms with Crippen molar-refractivity contribution in [3.8, 4) is 11.5 Å². The van der Waals surface area contributed by atoms with Gasteiger partial charge in [-0.25, -0.2) is 14.1 Å². The van der Waals surface area contributed by atoms with Gasteiger partial charge < -0.3 is 24.8 Å². The predicted octanol–water partition coefficient (Wildman–Crippen LogP) is 5.48. The van der Waals surface area contributed by atoms with Crippen molar-refractivity contribution in [2.45, 2.75) is 39.3 Å². The molecule has 12 heteroatoms. The van der Waals surface area contributed by atoms with E-state index in [0.717, 1.165) is 17.0 Å². The fourth-order valence-corrected chi connectivity index (χ4v) is 4.97. The Bertz CT molecular complexity index is 1440. The summed E-state index contributed by atoms with van der Waals surface area (Å²) in [4.78, 5) is 34.5. The molecule has 1 aromatic heterocycles. The highest BCUT2D eigenvalue weighted by molar-refractivity contribution is 7.81. The van der Waals surface area contributed by atoms with Gasteiger partial charge in [0.15, 0.2) is 11.6 Å². The predicted molar refractivity (Wildman–Crippen MR) is 177 cm³/mol. The number of anilines is 1. The van der Waals surface area contributed by atoms with Crippen LogP contribution in [0.25, 0.3) is 0 Å². The number of likely N-dealkylation sites (N-methyl/N-ethyl adjacent to an activating group) is 1. The van der Waals surface area contributed by atoms with Crippen LogP contribution in [0.5, 0.6) is 11.5 Å². The number of nitrogens with one attached hydrogen (secondary N) is 2. The minimum atomic E-state index is -0.834. The highest BCUT2D eigenvalue weighted by Gasteiger charge is 2.40. The molecule has 242 valence electrons. The molecule has 0 aliphatic carbocycles. The van der Waals surface area contributed by atoms with Crippen LogP contribution in [0, 0.1) is 11.7 Å². The third kappa shape index (κ3) is 9.60. The molecule has 45 heavy (non-hydrogen) atoms. The average molecular weight is 640 g/mol. The number of rotatable bonds is 14.